The van der Waals surface area contributed by atoms with Crippen molar-refractivity contribution in [2.75, 3.05) is 32.8 Å². The van der Waals surface area contributed by atoms with Crippen molar-refractivity contribution in [3.8, 4) is 0 Å². The molecule has 1 aliphatic rings. The van der Waals surface area contributed by atoms with Crippen LogP contribution in [0.3, 0.4) is 0 Å². The maximum absolute atomic E-state index is 12.4. The Balaban J connectivity index is 1.26. The van der Waals surface area contributed by atoms with Gasteiger partial charge < -0.3 is 14.6 Å². The van der Waals surface area contributed by atoms with Crippen LogP contribution in [-0.2, 0) is 16.1 Å². The van der Waals surface area contributed by atoms with Gasteiger partial charge in [-0.25, -0.2) is 4.79 Å². The van der Waals surface area contributed by atoms with Crippen molar-refractivity contribution in [3.05, 3.63) is 71.9 Å². The van der Waals surface area contributed by atoms with Gasteiger partial charge in [0.15, 0.2) is 6.61 Å². The third kappa shape index (κ3) is 4.07. The number of carbonyl (C=O) groups is 2. The zero-order valence-corrected chi connectivity index (χ0v) is 15.6. The topological polar surface area (TPSA) is 65.6 Å². The summed E-state index contributed by atoms with van der Waals surface area (Å²) < 4.78 is 5.27. The first-order valence-electron chi connectivity index (χ1n) is 9.48. The molecular formula is C22H23N3O3. The van der Waals surface area contributed by atoms with Crippen molar-refractivity contribution < 1.29 is 14.3 Å². The lowest BCUT2D eigenvalue weighted by atomic mass is 10.2. The van der Waals surface area contributed by atoms with Gasteiger partial charge in [-0.15, -0.1) is 0 Å². The number of amides is 1. The molecule has 2 heterocycles. The van der Waals surface area contributed by atoms with E-state index in [1.54, 1.807) is 11.1 Å². The third-order valence-corrected chi connectivity index (χ3v) is 5.11. The number of rotatable bonds is 5. The Morgan fingerprint density at radius 3 is 2.43 bits per heavy atom. The van der Waals surface area contributed by atoms with Gasteiger partial charge in [-0.2, -0.15) is 0 Å². The maximum Gasteiger partial charge on any atom is 0.340 e. The zero-order valence-electron chi connectivity index (χ0n) is 15.6. The molecule has 0 radical (unpaired) electrons. The van der Waals surface area contributed by atoms with E-state index in [1.807, 2.05) is 42.5 Å². The Kier molecular flexibility index (Phi) is 5.39. The number of nitrogens with one attached hydrogen (secondary N) is 1. The van der Waals surface area contributed by atoms with Crippen LogP contribution in [0.4, 0.5) is 0 Å². The summed E-state index contributed by atoms with van der Waals surface area (Å²) in [5.74, 6) is -0.624. The highest BCUT2D eigenvalue weighted by atomic mass is 16.5. The normalized spacial score (nSPS) is 14.9. The van der Waals surface area contributed by atoms with Gasteiger partial charge in [0.25, 0.3) is 5.91 Å². The fourth-order valence-corrected chi connectivity index (χ4v) is 3.53. The summed E-state index contributed by atoms with van der Waals surface area (Å²) in [7, 11) is 0. The first kappa shape index (κ1) is 18.3. The van der Waals surface area contributed by atoms with Crippen LogP contribution in [0, 0.1) is 0 Å². The fourth-order valence-electron chi connectivity index (χ4n) is 3.53. The highest BCUT2D eigenvalue weighted by Gasteiger charge is 2.22. The van der Waals surface area contributed by atoms with Gasteiger partial charge in [0.05, 0.1) is 5.56 Å². The molecule has 2 aromatic carbocycles. The number of aromatic amines is 1. The first-order chi connectivity index (χ1) is 13.7. The molecule has 6 nitrogen and oxygen atoms in total. The van der Waals surface area contributed by atoms with Crippen LogP contribution in [-0.4, -0.2) is 59.4 Å². The number of piperazine rings is 1. The van der Waals surface area contributed by atoms with Crippen LogP contribution < -0.4 is 0 Å². The molecule has 0 spiro atoms. The van der Waals surface area contributed by atoms with Gasteiger partial charge in [-0.1, -0.05) is 48.5 Å². The Labute approximate surface area is 163 Å². The van der Waals surface area contributed by atoms with E-state index in [1.165, 1.54) is 5.56 Å². The van der Waals surface area contributed by atoms with E-state index in [0.29, 0.717) is 18.7 Å². The molecule has 0 atom stereocenters. The molecular weight excluding hydrogens is 354 g/mol. The number of hydrogen-bond acceptors (Lipinski definition) is 4. The molecule has 144 valence electrons. The quantitative estimate of drug-likeness (QED) is 0.695. The van der Waals surface area contributed by atoms with Crippen LogP contribution in [0.15, 0.2) is 60.8 Å². The third-order valence-electron chi connectivity index (χ3n) is 5.11. The zero-order chi connectivity index (χ0) is 19.3. The number of carbonyl (C=O) groups excluding carboxylic acids is 2. The summed E-state index contributed by atoms with van der Waals surface area (Å²) in [6, 6.07) is 17.8. The summed E-state index contributed by atoms with van der Waals surface area (Å²) in [6.45, 7) is 3.59. The number of aromatic nitrogens is 1. The molecule has 1 aromatic heterocycles. The molecule has 0 unspecified atom stereocenters. The molecule has 6 heteroatoms. The minimum Gasteiger partial charge on any atom is -0.452 e. The average Bonchev–Trinajstić information content (AvgIpc) is 3.17. The van der Waals surface area contributed by atoms with Crippen LogP contribution in [0.5, 0.6) is 0 Å². The number of para-hydroxylation sites is 1. The first-order valence-corrected chi connectivity index (χ1v) is 9.48. The van der Waals surface area contributed by atoms with Gasteiger partial charge in [0.2, 0.25) is 0 Å². The molecule has 4 rings (SSSR count). The molecule has 28 heavy (non-hydrogen) atoms. The second kappa shape index (κ2) is 8.27. The predicted octanol–water partition coefficient (Wildman–Crippen LogP) is 2.67. The Morgan fingerprint density at radius 2 is 1.64 bits per heavy atom. The van der Waals surface area contributed by atoms with Gasteiger partial charge >= 0.3 is 5.97 Å². The largest absolute Gasteiger partial charge is 0.452 e. The van der Waals surface area contributed by atoms with Crippen molar-refractivity contribution in [1.29, 1.82) is 0 Å². The summed E-state index contributed by atoms with van der Waals surface area (Å²) in [4.78, 5) is 31.9. The number of ether oxygens (including phenoxy) is 1. The van der Waals surface area contributed by atoms with Crippen molar-refractivity contribution in [3.63, 3.8) is 0 Å². The highest BCUT2D eigenvalue weighted by Crippen LogP contribution is 2.18. The van der Waals surface area contributed by atoms with E-state index in [0.717, 1.165) is 30.5 Å². The minimum absolute atomic E-state index is 0.146. The minimum atomic E-state index is -0.478. The monoisotopic (exact) mass is 377 g/mol. The van der Waals surface area contributed by atoms with Crippen molar-refractivity contribution in [2.45, 2.75) is 6.54 Å². The van der Waals surface area contributed by atoms with Gasteiger partial charge in [0, 0.05) is 49.8 Å². The smallest absolute Gasteiger partial charge is 0.340 e. The van der Waals surface area contributed by atoms with Gasteiger partial charge in [-0.05, 0) is 11.6 Å². The van der Waals surface area contributed by atoms with E-state index in [9.17, 15) is 9.59 Å². The lowest BCUT2D eigenvalue weighted by molar-refractivity contribution is -0.136. The molecule has 1 amide bonds. The van der Waals surface area contributed by atoms with Crippen molar-refractivity contribution in [1.82, 2.24) is 14.8 Å². The lowest BCUT2D eigenvalue weighted by Crippen LogP contribution is -2.49. The number of nitrogens with zero attached hydrogens (tertiary/aromatic N) is 2. The molecule has 0 saturated carbocycles. The molecule has 0 aliphatic carbocycles. The van der Waals surface area contributed by atoms with Crippen LogP contribution >= 0.6 is 0 Å². The summed E-state index contributed by atoms with van der Waals surface area (Å²) in [6.07, 6.45) is 1.62. The van der Waals surface area contributed by atoms with E-state index >= 15 is 0 Å². The number of fused-ring (bicyclic) bond motifs is 1. The Hall–Kier alpha value is -3.12. The number of benzene rings is 2. The Bertz CT molecular complexity index is 959. The van der Waals surface area contributed by atoms with Crippen LogP contribution in [0.2, 0.25) is 0 Å². The van der Waals surface area contributed by atoms with Crippen molar-refractivity contribution >= 4 is 22.8 Å². The van der Waals surface area contributed by atoms with Gasteiger partial charge in [0.1, 0.15) is 0 Å². The van der Waals surface area contributed by atoms with Gasteiger partial charge in [-0.3, -0.25) is 9.69 Å². The predicted molar refractivity (Wildman–Crippen MR) is 107 cm³/mol. The number of hydrogen-bond donors (Lipinski definition) is 1. The molecule has 1 saturated heterocycles. The molecule has 1 fully saturated rings. The summed E-state index contributed by atoms with van der Waals surface area (Å²) >= 11 is 0. The van der Waals surface area contributed by atoms with E-state index in [-0.39, 0.29) is 12.5 Å². The highest BCUT2D eigenvalue weighted by molar-refractivity contribution is 6.04. The molecule has 0 bridgehead atoms. The van der Waals surface area contributed by atoms with Crippen molar-refractivity contribution in [2.24, 2.45) is 0 Å². The number of H-pyrrole nitrogens is 1. The summed E-state index contributed by atoms with van der Waals surface area (Å²) in [5, 5.41) is 0.800. The van der Waals surface area contributed by atoms with E-state index < -0.39 is 5.97 Å². The SMILES string of the molecule is O=C(OCC(=O)N1CCN(Cc2ccccc2)CC1)c1c[nH]c2ccccc12. The number of esters is 1. The summed E-state index contributed by atoms with van der Waals surface area (Å²) in [5.41, 5.74) is 2.60. The van der Waals surface area contributed by atoms with E-state index in [2.05, 4.69) is 22.0 Å². The Morgan fingerprint density at radius 1 is 0.929 bits per heavy atom. The molecule has 1 N–H and O–H groups in total. The standard InChI is InChI=1S/C22H23N3O3/c26-21(16-28-22(27)19-14-23-20-9-5-4-8-18(19)20)25-12-10-24(11-13-25)15-17-6-2-1-3-7-17/h1-9,14,23H,10-13,15-16H2. The molecule has 1 aliphatic heterocycles. The maximum atomic E-state index is 12.4. The fraction of sp³-hybridized carbons (Fsp3) is 0.273. The second-order valence-corrected chi connectivity index (χ2v) is 6.97. The average molecular weight is 377 g/mol. The molecule has 3 aromatic rings. The van der Waals surface area contributed by atoms with Crippen LogP contribution in [0.25, 0.3) is 10.9 Å². The second-order valence-electron chi connectivity index (χ2n) is 6.97. The van der Waals surface area contributed by atoms with Crippen LogP contribution in [0.1, 0.15) is 15.9 Å². The van der Waals surface area contributed by atoms with E-state index in [4.69, 9.17) is 4.74 Å². The lowest BCUT2D eigenvalue weighted by Gasteiger charge is -2.34.